The highest BCUT2D eigenvalue weighted by atomic mass is 32.2. The van der Waals surface area contributed by atoms with Crippen LogP contribution in [-0.2, 0) is 30.6 Å². The number of hydrogen-bond acceptors (Lipinski definition) is 5. The van der Waals surface area contributed by atoms with Gasteiger partial charge in [-0.15, -0.1) is 0 Å². The van der Waals surface area contributed by atoms with Crippen LogP contribution in [0.25, 0.3) is 0 Å². The monoisotopic (exact) mass is 383 g/mol. The van der Waals surface area contributed by atoms with Gasteiger partial charge in [0.25, 0.3) is 0 Å². The molecule has 0 spiro atoms. The first kappa shape index (κ1) is 20.4. The van der Waals surface area contributed by atoms with Crippen LogP contribution in [0.15, 0.2) is 30.3 Å². The first-order valence-corrected chi connectivity index (χ1v) is 10.5. The van der Waals surface area contributed by atoms with Crippen molar-refractivity contribution in [1.29, 1.82) is 0 Å². The van der Waals surface area contributed by atoms with E-state index in [1.54, 1.807) is 0 Å². The van der Waals surface area contributed by atoms with Crippen molar-refractivity contribution in [3.8, 4) is 0 Å². The van der Waals surface area contributed by atoms with E-state index in [0.29, 0.717) is 38.9 Å². The standard InChI is InChI=1S/C18H25NO6S/c20-16(19-18(13-17(21)22)8-10-25-11-9-18)14-26(23,24)12-4-7-15-5-2-1-3-6-15/h1-3,5-6H,4,7-14H2,(H,19,20)(H,21,22). The van der Waals surface area contributed by atoms with Crippen molar-refractivity contribution in [1.82, 2.24) is 5.32 Å². The van der Waals surface area contributed by atoms with Gasteiger partial charge in [0.1, 0.15) is 5.75 Å². The Hall–Kier alpha value is -1.93. The minimum absolute atomic E-state index is 0.0790. The zero-order valence-corrected chi connectivity index (χ0v) is 15.5. The van der Waals surface area contributed by atoms with Crippen molar-refractivity contribution in [3.63, 3.8) is 0 Å². The van der Waals surface area contributed by atoms with Gasteiger partial charge in [0.05, 0.1) is 17.7 Å². The molecule has 0 aromatic heterocycles. The van der Waals surface area contributed by atoms with Crippen molar-refractivity contribution in [2.45, 2.75) is 37.6 Å². The number of sulfone groups is 1. The maximum absolute atomic E-state index is 12.2. The van der Waals surface area contributed by atoms with Gasteiger partial charge in [-0.05, 0) is 31.2 Å². The van der Waals surface area contributed by atoms with Crippen LogP contribution in [0.3, 0.4) is 0 Å². The topological polar surface area (TPSA) is 110 Å². The molecule has 1 aliphatic heterocycles. The zero-order chi connectivity index (χ0) is 19.0. The summed E-state index contributed by atoms with van der Waals surface area (Å²) in [6.07, 6.45) is 1.55. The van der Waals surface area contributed by atoms with Gasteiger partial charge >= 0.3 is 5.97 Å². The molecule has 1 fully saturated rings. The van der Waals surface area contributed by atoms with Crippen LogP contribution in [0.2, 0.25) is 0 Å². The first-order chi connectivity index (χ1) is 12.3. The lowest BCUT2D eigenvalue weighted by Gasteiger charge is -2.36. The molecular weight excluding hydrogens is 358 g/mol. The molecule has 144 valence electrons. The molecule has 7 nitrogen and oxygen atoms in total. The predicted molar refractivity (Wildman–Crippen MR) is 96.6 cm³/mol. The maximum atomic E-state index is 12.2. The van der Waals surface area contributed by atoms with Crippen LogP contribution in [0.1, 0.15) is 31.2 Å². The van der Waals surface area contributed by atoms with Gasteiger partial charge in [0.2, 0.25) is 5.91 Å². The molecule has 0 unspecified atom stereocenters. The van der Waals surface area contributed by atoms with Crippen LogP contribution in [0, 0.1) is 0 Å². The summed E-state index contributed by atoms with van der Waals surface area (Å²) in [7, 11) is -3.55. The van der Waals surface area contributed by atoms with Gasteiger partial charge in [-0.2, -0.15) is 0 Å². The van der Waals surface area contributed by atoms with E-state index in [1.165, 1.54) is 0 Å². The van der Waals surface area contributed by atoms with Crippen molar-refractivity contribution in [2.24, 2.45) is 0 Å². The molecule has 1 amide bonds. The van der Waals surface area contributed by atoms with Crippen molar-refractivity contribution < 1.29 is 27.9 Å². The lowest BCUT2D eigenvalue weighted by molar-refractivity contribution is -0.140. The smallest absolute Gasteiger partial charge is 0.305 e. The number of carbonyl (C=O) groups excluding carboxylic acids is 1. The molecule has 1 heterocycles. The minimum atomic E-state index is -3.55. The molecule has 26 heavy (non-hydrogen) atoms. The lowest BCUT2D eigenvalue weighted by Crippen LogP contribution is -2.54. The van der Waals surface area contributed by atoms with Gasteiger partial charge in [-0.25, -0.2) is 8.42 Å². The number of aryl methyl sites for hydroxylation is 1. The molecular formula is C18H25NO6S. The second kappa shape index (κ2) is 9.14. The summed E-state index contributed by atoms with van der Waals surface area (Å²) in [6.45, 7) is 0.689. The number of benzene rings is 1. The number of nitrogens with one attached hydrogen (secondary N) is 1. The third-order valence-electron chi connectivity index (χ3n) is 4.46. The highest BCUT2D eigenvalue weighted by Crippen LogP contribution is 2.24. The molecule has 1 aromatic carbocycles. The van der Waals surface area contributed by atoms with Gasteiger partial charge in [0, 0.05) is 13.2 Å². The molecule has 1 aliphatic rings. The molecule has 0 radical (unpaired) electrons. The Bertz CT molecular complexity index is 710. The van der Waals surface area contributed by atoms with Gasteiger partial charge in [-0.3, -0.25) is 9.59 Å². The minimum Gasteiger partial charge on any atom is -0.481 e. The molecule has 1 saturated heterocycles. The summed E-state index contributed by atoms with van der Waals surface area (Å²) in [5.41, 5.74) is 0.121. The number of carboxylic acid groups (broad SMARTS) is 1. The highest BCUT2D eigenvalue weighted by Gasteiger charge is 2.37. The largest absolute Gasteiger partial charge is 0.481 e. The quantitative estimate of drug-likeness (QED) is 0.662. The van der Waals surface area contributed by atoms with E-state index in [-0.39, 0.29) is 12.2 Å². The van der Waals surface area contributed by atoms with Crippen LogP contribution in [-0.4, -0.2) is 55.7 Å². The van der Waals surface area contributed by atoms with Crippen LogP contribution in [0.4, 0.5) is 0 Å². The van der Waals surface area contributed by atoms with Crippen molar-refractivity contribution in [2.75, 3.05) is 24.7 Å². The van der Waals surface area contributed by atoms with Crippen LogP contribution >= 0.6 is 0 Å². The number of aliphatic carboxylic acids is 1. The van der Waals surface area contributed by atoms with E-state index < -0.39 is 33.0 Å². The Labute approximate surface area is 153 Å². The van der Waals surface area contributed by atoms with E-state index in [2.05, 4.69) is 5.32 Å². The number of amides is 1. The van der Waals surface area contributed by atoms with E-state index in [9.17, 15) is 18.0 Å². The SMILES string of the molecule is O=C(O)CC1(NC(=O)CS(=O)(=O)CCCc2ccccc2)CCOCC1. The molecule has 0 atom stereocenters. The molecule has 0 aliphatic carbocycles. The summed E-state index contributed by atoms with van der Waals surface area (Å²) in [4.78, 5) is 23.3. The number of carboxylic acids is 1. The van der Waals surface area contributed by atoms with Gasteiger partial charge in [0.15, 0.2) is 9.84 Å². The molecule has 0 saturated carbocycles. The average Bonchev–Trinajstić information content (AvgIpc) is 2.54. The summed E-state index contributed by atoms with van der Waals surface area (Å²) in [5.74, 6) is -2.38. The van der Waals surface area contributed by atoms with Crippen LogP contribution in [0.5, 0.6) is 0 Å². The number of hydrogen-bond donors (Lipinski definition) is 2. The molecule has 0 bridgehead atoms. The fraction of sp³-hybridized carbons (Fsp3) is 0.556. The zero-order valence-electron chi connectivity index (χ0n) is 14.6. The van der Waals surface area contributed by atoms with Gasteiger partial charge in [-0.1, -0.05) is 30.3 Å². The van der Waals surface area contributed by atoms with Crippen molar-refractivity contribution >= 4 is 21.7 Å². The van der Waals surface area contributed by atoms with E-state index in [4.69, 9.17) is 9.84 Å². The average molecular weight is 383 g/mol. The second-order valence-electron chi connectivity index (χ2n) is 6.69. The number of rotatable bonds is 9. The predicted octanol–water partition coefficient (Wildman–Crippen LogP) is 1.17. The molecule has 2 N–H and O–H groups in total. The Kier molecular flexibility index (Phi) is 7.16. The Morgan fingerprint density at radius 1 is 1.15 bits per heavy atom. The van der Waals surface area contributed by atoms with Gasteiger partial charge < -0.3 is 15.2 Å². The summed E-state index contributed by atoms with van der Waals surface area (Å²) < 4.78 is 29.6. The van der Waals surface area contributed by atoms with E-state index in [1.807, 2.05) is 30.3 Å². The summed E-state index contributed by atoms with van der Waals surface area (Å²) in [6, 6.07) is 9.55. The molecule has 8 heteroatoms. The van der Waals surface area contributed by atoms with Crippen molar-refractivity contribution in [3.05, 3.63) is 35.9 Å². The first-order valence-electron chi connectivity index (χ1n) is 8.65. The summed E-state index contributed by atoms with van der Waals surface area (Å²) in [5, 5.41) is 11.7. The molecule has 1 aromatic rings. The highest BCUT2D eigenvalue weighted by molar-refractivity contribution is 7.92. The normalized spacial score (nSPS) is 16.8. The second-order valence-corrected chi connectivity index (χ2v) is 8.88. The Morgan fingerprint density at radius 2 is 1.81 bits per heavy atom. The fourth-order valence-electron chi connectivity index (χ4n) is 3.14. The summed E-state index contributed by atoms with van der Waals surface area (Å²) >= 11 is 0. The Morgan fingerprint density at radius 3 is 2.42 bits per heavy atom. The third-order valence-corrected chi connectivity index (χ3v) is 6.07. The fourth-order valence-corrected chi connectivity index (χ4v) is 4.34. The van der Waals surface area contributed by atoms with E-state index in [0.717, 1.165) is 5.56 Å². The number of carbonyl (C=O) groups is 2. The molecule has 2 rings (SSSR count). The number of ether oxygens (including phenoxy) is 1. The van der Waals surface area contributed by atoms with E-state index >= 15 is 0 Å². The maximum Gasteiger partial charge on any atom is 0.305 e. The third kappa shape index (κ3) is 6.76. The lowest BCUT2D eigenvalue weighted by atomic mass is 9.86. The van der Waals surface area contributed by atoms with Crippen LogP contribution < -0.4 is 5.32 Å². The Balaban J connectivity index is 1.86.